The van der Waals surface area contributed by atoms with Gasteiger partial charge in [0, 0.05) is 37.5 Å². The molecule has 2 amide bonds. The average molecular weight is 475 g/mol. The number of nitrogens with one attached hydrogen (secondary N) is 2. The van der Waals surface area contributed by atoms with Gasteiger partial charge in [-0.15, -0.1) is 0 Å². The zero-order chi connectivity index (χ0) is 24.5. The Hall–Kier alpha value is -4.14. The molecule has 2 atom stereocenters. The Balaban J connectivity index is 1.08. The van der Waals surface area contributed by atoms with Crippen LogP contribution >= 0.6 is 0 Å². The van der Waals surface area contributed by atoms with Crippen LogP contribution in [0.5, 0.6) is 0 Å². The highest BCUT2D eigenvalue weighted by Crippen LogP contribution is 2.44. The summed E-state index contributed by atoms with van der Waals surface area (Å²) in [5.41, 5.74) is 5.15. The second-order valence-corrected chi connectivity index (χ2v) is 8.97. The molecule has 3 N–H and O–H groups in total. The third-order valence-electron chi connectivity index (χ3n) is 6.78. The summed E-state index contributed by atoms with van der Waals surface area (Å²) in [6.07, 6.45) is 1.60. The van der Waals surface area contributed by atoms with E-state index in [0.717, 1.165) is 11.1 Å². The Bertz CT molecular complexity index is 1250. The summed E-state index contributed by atoms with van der Waals surface area (Å²) in [6, 6.07) is 16.3. The molecule has 2 aliphatic carbocycles. The maximum absolute atomic E-state index is 12.4. The molecule has 180 valence electrons. The number of fused-ring (bicyclic) bond motifs is 3. The molecule has 1 aromatic heterocycles. The third-order valence-corrected chi connectivity index (χ3v) is 6.78. The zero-order valence-corrected chi connectivity index (χ0v) is 19.2. The van der Waals surface area contributed by atoms with Gasteiger partial charge >= 0.3 is 12.1 Å². The fraction of sp³-hybridized carbons (Fsp3) is 0.308. The summed E-state index contributed by atoms with van der Waals surface area (Å²) in [7, 11) is 1.54. The van der Waals surface area contributed by atoms with Gasteiger partial charge in [0.25, 0.3) is 0 Å². The molecule has 3 aromatic rings. The lowest BCUT2D eigenvalue weighted by Gasteiger charge is -2.14. The number of aromatic nitrogens is 2. The fourth-order valence-corrected chi connectivity index (χ4v) is 4.86. The van der Waals surface area contributed by atoms with Gasteiger partial charge in [-0.1, -0.05) is 48.5 Å². The minimum absolute atomic E-state index is 0.00392. The van der Waals surface area contributed by atoms with Crippen LogP contribution in [0.3, 0.4) is 0 Å². The van der Waals surface area contributed by atoms with E-state index in [4.69, 9.17) is 4.74 Å². The van der Waals surface area contributed by atoms with Gasteiger partial charge in [-0.3, -0.25) is 9.48 Å². The van der Waals surface area contributed by atoms with Crippen molar-refractivity contribution in [1.82, 2.24) is 20.4 Å². The van der Waals surface area contributed by atoms with E-state index in [2.05, 4.69) is 40.0 Å². The van der Waals surface area contributed by atoms with Crippen molar-refractivity contribution < 1.29 is 24.2 Å². The van der Waals surface area contributed by atoms with Gasteiger partial charge in [0.15, 0.2) is 5.69 Å². The van der Waals surface area contributed by atoms with E-state index in [1.807, 2.05) is 24.3 Å². The van der Waals surface area contributed by atoms with Gasteiger partial charge < -0.3 is 20.5 Å². The quantitative estimate of drug-likeness (QED) is 0.461. The molecule has 0 unspecified atom stereocenters. The second kappa shape index (κ2) is 9.25. The molecule has 0 aliphatic heterocycles. The van der Waals surface area contributed by atoms with Crippen molar-refractivity contribution in [1.29, 1.82) is 0 Å². The zero-order valence-electron chi connectivity index (χ0n) is 19.2. The average Bonchev–Trinajstić information content (AvgIpc) is 3.44. The first-order valence-corrected chi connectivity index (χ1v) is 11.5. The summed E-state index contributed by atoms with van der Waals surface area (Å²) in [6.45, 7) is 0.685. The van der Waals surface area contributed by atoms with Crippen LogP contribution in [0.4, 0.5) is 4.79 Å². The molecular weight excluding hydrogens is 448 g/mol. The monoisotopic (exact) mass is 474 g/mol. The number of aryl methyl sites for hydroxylation is 1. The Morgan fingerprint density at radius 3 is 2.37 bits per heavy atom. The number of benzene rings is 2. The normalized spacial score (nSPS) is 17.9. The molecule has 1 saturated carbocycles. The van der Waals surface area contributed by atoms with Crippen LogP contribution in [-0.4, -0.2) is 46.0 Å². The van der Waals surface area contributed by atoms with Crippen LogP contribution in [0.15, 0.2) is 54.7 Å². The van der Waals surface area contributed by atoms with E-state index in [1.165, 1.54) is 22.0 Å². The summed E-state index contributed by atoms with van der Waals surface area (Å²) < 4.78 is 6.81. The van der Waals surface area contributed by atoms with Crippen LogP contribution in [0.25, 0.3) is 11.1 Å². The number of nitrogens with zero attached hydrogens (tertiary/aromatic N) is 2. The van der Waals surface area contributed by atoms with Crippen molar-refractivity contribution in [2.75, 3.05) is 13.2 Å². The molecule has 0 spiro atoms. The standard InChI is InChI=1S/C26H26N4O5/c1-30-23(25(32)33)16(13-29-30)12-27-24(31)21-10-15(21)11-28-26(34)35-14-22-19-8-4-2-6-17(19)18-7-3-5-9-20(18)22/h2-9,13,15,21-22H,10-12,14H2,1H3,(H,27,31)(H,28,34)(H,32,33)/t15-,21-/m0/s1. The van der Waals surface area contributed by atoms with Crippen molar-refractivity contribution in [3.8, 4) is 11.1 Å². The highest BCUT2D eigenvalue weighted by molar-refractivity contribution is 5.88. The number of amides is 2. The Labute approximate surface area is 202 Å². The minimum Gasteiger partial charge on any atom is -0.477 e. The molecule has 1 fully saturated rings. The van der Waals surface area contributed by atoms with Crippen molar-refractivity contribution in [3.05, 3.63) is 77.1 Å². The molecule has 9 nitrogen and oxygen atoms in total. The molecule has 9 heteroatoms. The van der Waals surface area contributed by atoms with Crippen LogP contribution in [-0.2, 0) is 23.1 Å². The first kappa shape index (κ1) is 22.6. The van der Waals surface area contributed by atoms with E-state index in [-0.39, 0.29) is 42.5 Å². The number of alkyl carbamates (subject to hydrolysis) is 1. The number of carbonyl (C=O) groups excluding carboxylic acids is 2. The molecule has 1 heterocycles. The smallest absolute Gasteiger partial charge is 0.407 e. The number of carboxylic acids is 1. The lowest BCUT2D eigenvalue weighted by molar-refractivity contribution is -0.122. The Kier molecular flexibility index (Phi) is 5.98. The SMILES string of the molecule is Cn1ncc(CNC(=O)[C@H]2C[C@H]2CNC(=O)OCC2c3ccccc3-c3ccccc32)c1C(=O)O. The molecule has 2 aromatic carbocycles. The van der Waals surface area contributed by atoms with Crippen LogP contribution in [0.2, 0.25) is 0 Å². The number of rotatable bonds is 8. The summed E-state index contributed by atoms with van der Waals surface area (Å²) >= 11 is 0. The number of hydrogen-bond acceptors (Lipinski definition) is 5. The van der Waals surface area contributed by atoms with E-state index in [1.54, 1.807) is 7.05 Å². The first-order chi connectivity index (χ1) is 16.9. The minimum atomic E-state index is -1.09. The van der Waals surface area contributed by atoms with E-state index >= 15 is 0 Å². The molecule has 0 bridgehead atoms. The maximum atomic E-state index is 12.4. The molecule has 35 heavy (non-hydrogen) atoms. The number of aromatic carboxylic acids is 1. The van der Waals surface area contributed by atoms with Crippen LogP contribution < -0.4 is 10.6 Å². The number of carbonyl (C=O) groups is 3. The fourth-order valence-electron chi connectivity index (χ4n) is 4.86. The van der Waals surface area contributed by atoms with E-state index in [0.29, 0.717) is 18.5 Å². The highest BCUT2D eigenvalue weighted by Gasteiger charge is 2.43. The van der Waals surface area contributed by atoms with Crippen molar-refractivity contribution >= 4 is 18.0 Å². The van der Waals surface area contributed by atoms with Crippen molar-refractivity contribution in [3.63, 3.8) is 0 Å². The highest BCUT2D eigenvalue weighted by atomic mass is 16.5. The number of hydrogen-bond donors (Lipinski definition) is 3. The predicted molar refractivity (Wildman–Crippen MR) is 127 cm³/mol. The van der Waals surface area contributed by atoms with Crippen LogP contribution in [0, 0.1) is 11.8 Å². The van der Waals surface area contributed by atoms with Gasteiger partial charge in [0.1, 0.15) is 6.61 Å². The Morgan fingerprint density at radius 2 is 1.71 bits per heavy atom. The molecule has 5 rings (SSSR count). The third kappa shape index (κ3) is 4.49. The van der Waals surface area contributed by atoms with Gasteiger partial charge in [-0.25, -0.2) is 9.59 Å². The van der Waals surface area contributed by atoms with Gasteiger partial charge in [0.2, 0.25) is 5.91 Å². The first-order valence-electron chi connectivity index (χ1n) is 11.5. The lowest BCUT2D eigenvalue weighted by Crippen LogP contribution is -2.30. The van der Waals surface area contributed by atoms with Crippen molar-refractivity contribution in [2.24, 2.45) is 18.9 Å². The van der Waals surface area contributed by atoms with E-state index < -0.39 is 12.1 Å². The van der Waals surface area contributed by atoms with Crippen molar-refractivity contribution in [2.45, 2.75) is 18.9 Å². The number of carboxylic acid groups (broad SMARTS) is 1. The topological polar surface area (TPSA) is 123 Å². The molecular formula is C26H26N4O5. The predicted octanol–water partition coefficient (Wildman–Crippen LogP) is 2.91. The Morgan fingerprint density at radius 1 is 1.06 bits per heavy atom. The van der Waals surface area contributed by atoms with Gasteiger partial charge in [-0.2, -0.15) is 5.10 Å². The largest absolute Gasteiger partial charge is 0.477 e. The summed E-state index contributed by atoms with van der Waals surface area (Å²) in [4.78, 5) is 36.1. The molecule has 0 saturated heterocycles. The summed E-state index contributed by atoms with van der Waals surface area (Å²) in [5.74, 6) is -1.44. The lowest BCUT2D eigenvalue weighted by atomic mass is 9.98. The maximum Gasteiger partial charge on any atom is 0.407 e. The molecule has 0 radical (unpaired) electrons. The van der Waals surface area contributed by atoms with E-state index in [9.17, 15) is 19.5 Å². The van der Waals surface area contributed by atoms with Gasteiger partial charge in [-0.05, 0) is 34.6 Å². The second-order valence-electron chi connectivity index (χ2n) is 8.97. The number of ether oxygens (including phenoxy) is 1. The summed E-state index contributed by atoms with van der Waals surface area (Å²) in [5, 5.41) is 18.7. The van der Waals surface area contributed by atoms with Crippen LogP contribution in [0.1, 0.15) is 39.5 Å². The van der Waals surface area contributed by atoms with Gasteiger partial charge in [0.05, 0.1) is 6.20 Å². The molecule has 2 aliphatic rings.